The average molecular weight is 276 g/mol. The van der Waals surface area contributed by atoms with E-state index in [4.69, 9.17) is 5.11 Å². The molecule has 0 aliphatic carbocycles. The van der Waals surface area contributed by atoms with E-state index in [2.05, 4.69) is 10.3 Å². The summed E-state index contributed by atoms with van der Waals surface area (Å²) < 4.78 is 0. The van der Waals surface area contributed by atoms with E-state index in [0.717, 1.165) is 10.4 Å². The summed E-state index contributed by atoms with van der Waals surface area (Å²) in [6.45, 7) is 3.89. The molecule has 5 nitrogen and oxygen atoms in total. The second-order valence-electron chi connectivity index (χ2n) is 4.07. The maximum atomic E-state index is 12.0. The number of pyridine rings is 1. The molecular weight excluding hydrogens is 264 g/mol. The van der Waals surface area contributed by atoms with Crippen LogP contribution in [0.1, 0.15) is 30.5 Å². The largest absolute Gasteiger partial charge is 0.478 e. The molecule has 0 unspecified atom stereocenters. The van der Waals surface area contributed by atoms with Crippen molar-refractivity contribution in [1.29, 1.82) is 0 Å². The van der Waals surface area contributed by atoms with Crippen LogP contribution in [0.3, 0.4) is 0 Å². The number of nitrogens with one attached hydrogen (secondary N) is 1. The molecule has 2 rings (SSSR count). The van der Waals surface area contributed by atoms with Crippen molar-refractivity contribution < 1.29 is 14.7 Å². The fraction of sp³-hybridized carbons (Fsp3) is 0.154. The highest BCUT2D eigenvalue weighted by molar-refractivity contribution is 7.14. The number of carboxylic acids is 1. The highest BCUT2D eigenvalue weighted by Gasteiger charge is 2.12. The third kappa shape index (κ3) is 2.97. The molecular formula is C13H12N2O3S. The Labute approximate surface area is 113 Å². The fourth-order valence-electron chi connectivity index (χ4n) is 1.50. The Balaban J connectivity index is 2.19. The van der Waals surface area contributed by atoms with Crippen LogP contribution >= 0.6 is 11.3 Å². The number of carbonyl (C=O) groups excluding carboxylic acids is 1. The van der Waals surface area contributed by atoms with Crippen molar-refractivity contribution in [2.24, 2.45) is 0 Å². The monoisotopic (exact) mass is 276 g/mol. The fourth-order valence-corrected chi connectivity index (χ4v) is 2.43. The van der Waals surface area contributed by atoms with Gasteiger partial charge in [-0.05, 0) is 31.5 Å². The van der Waals surface area contributed by atoms with E-state index in [1.807, 2.05) is 19.9 Å². The topological polar surface area (TPSA) is 79.3 Å². The molecule has 2 heterocycles. The molecule has 1 amide bonds. The lowest BCUT2D eigenvalue weighted by Crippen LogP contribution is -2.11. The standard InChI is InChI=1S/C13H12N2O3S/c1-7-3-11(19-8(7)2)12(16)15-10-4-9(13(17)18)5-14-6-10/h3-6H,1-2H3,(H,15,16)(H,17,18). The summed E-state index contributed by atoms with van der Waals surface area (Å²) in [5.74, 6) is -1.34. The maximum absolute atomic E-state index is 12.0. The van der Waals surface area contributed by atoms with Crippen molar-refractivity contribution in [3.63, 3.8) is 0 Å². The number of aromatic carboxylic acids is 1. The number of amides is 1. The van der Waals surface area contributed by atoms with E-state index in [1.165, 1.54) is 29.8 Å². The molecule has 98 valence electrons. The number of anilines is 1. The Bertz CT molecular complexity index is 630. The van der Waals surface area contributed by atoms with Crippen molar-refractivity contribution in [2.75, 3.05) is 5.32 Å². The zero-order chi connectivity index (χ0) is 14.0. The van der Waals surface area contributed by atoms with Crippen molar-refractivity contribution >= 4 is 28.9 Å². The molecule has 2 aromatic rings. The number of carbonyl (C=O) groups is 2. The normalized spacial score (nSPS) is 10.2. The second-order valence-corrected chi connectivity index (χ2v) is 5.33. The highest BCUT2D eigenvalue weighted by Crippen LogP contribution is 2.21. The van der Waals surface area contributed by atoms with Crippen molar-refractivity contribution in [3.05, 3.63) is 45.4 Å². The lowest BCUT2D eigenvalue weighted by atomic mass is 10.2. The van der Waals surface area contributed by atoms with Gasteiger partial charge in [0.05, 0.1) is 22.3 Å². The van der Waals surface area contributed by atoms with Crippen molar-refractivity contribution in [3.8, 4) is 0 Å². The van der Waals surface area contributed by atoms with Crippen LogP contribution in [0.2, 0.25) is 0 Å². The second kappa shape index (κ2) is 5.19. The highest BCUT2D eigenvalue weighted by atomic mass is 32.1. The van der Waals surface area contributed by atoms with Crippen LogP contribution < -0.4 is 5.32 Å². The molecule has 19 heavy (non-hydrogen) atoms. The summed E-state index contributed by atoms with van der Waals surface area (Å²) >= 11 is 1.40. The molecule has 6 heteroatoms. The number of nitrogens with zero attached hydrogens (tertiary/aromatic N) is 1. The van der Waals surface area contributed by atoms with Crippen LogP contribution in [0.15, 0.2) is 24.5 Å². The number of hydrogen-bond acceptors (Lipinski definition) is 4. The average Bonchev–Trinajstić information content (AvgIpc) is 2.70. The van der Waals surface area contributed by atoms with Crippen LogP contribution in [0.25, 0.3) is 0 Å². The van der Waals surface area contributed by atoms with Crippen molar-refractivity contribution in [2.45, 2.75) is 13.8 Å². The molecule has 0 saturated carbocycles. The van der Waals surface area contributed by atoms with Gasteiger partial charge in [-0.2, -0.15) is 0 Å². The lowest BCUT2D eigenvalue weighted by molar-refractivity contribution is 0.0696. The third-order valence-electron chi connectivity index (χ3n) is 2.63. The van der Waals surface area contributed by atoms with E-state index >= 15 is 0 Å². The van der Waals surface area contributed by atoms with Gasteiger partial charge in [0.2, 0.25) is 0 Å². The summed E-state index contributed by atoms with van der Waals surface area (Å²) in [7, 11) is 0. The molecule has 0 aliphatic rings. The van der Waals surface area contributed by atoms with Gasteiger partial charge in [0.25, 0.3) is 5.91 Å². The Morgan fingerprint density at radius 3 is 2.58 bits per heavy atom. The maximum Gasteiger partial charge on any atom is 0.337 e. The van der Waals surface area contributed by atoms with Gasteiger partial charge in [0.15, 0.2) is 0 Å². The van der Waals surface area contributed by atoms with Crippen LogP contribution in [0, 0.1) is 13.8 Å². The van der Waals surface area contributed by atoms with Gasteiger partial charge in [0, 0.05) is 11.1 Å². The molecule has 0 aliphatic heterocycles. The van der Waals surface area contributed by atoms with Gasteiger partial charge in [0.1, 0.15) is 0 Å². The summed E-state index contributed by atoms with van der Waals surface area (Å²) in [6, 6.07) is 3.18. The van der Waals surface area contributed by atoms with Crippen molar-refractivity contribution in [1.82, 2.24) is 4.98 Å². The minimum absolute atomic E-state index is 0.0383. The van der Waals surface area contributed by atoms with Crippen LogP contribution in [-0.4, -0.2) is 22.0 Å². The summed E-state index contributed by atoms with van der Waals surface area (Å²) in [6.07, 6.45) is 2.65. The van der Waals surface area contributed by atoms with Crippen LogP contribution in [0.5, 0.6) is 0 Å². The van der Waals surface area contributed by atoms with Gasteiger partial charge in [-0.15, -0.1) is 11.3 Å². The zero-order valence-electron chi connectivity index (χ0n) is 10.4. The predicted molar refractivity (Wildman–Crippen MR) is 72.9 cm³/mol. The third-order valence-corrected chi connectivity index (χ3v) is 3.78. The Kier molecular flexibility index (Phi) is 3.62. The smallest absolute Gasteiger partial charge is 0.337 e. The van der Waals surface area contributed by atoms with Gasteiger partial charge >= 0.3 is 5.97 Å². The van der Waals surface area contributed by atoms with E-state index in [0.29, 0.717) is 10.6 Å². The summed E-state index contributed by atoms with van der Waals surface area (Å²) in [5, 5.41) is 11.5. The first-order valence-corrected chi connectivity index (χ1v) is 6.36. The van der Waals surface area contributed by atoms with Crippen LogP contribution in [-0.2, 0) is 0 Å². The van der Waals surface area contributed by atoms with Gasteiger partial charge in [-0.1, -0.05) is 0 Å². The molecule has 2 aromatic heterocycles. The molecule has 0 spiro atoms. The molecule has 0 fully saturated rings. The number of rotatable bonds is 3. The minimum atomic E-state index is -1.08. The first-order chi connectivity index (χ1) is 8.97. The van der Waals surface area contributed by atoms with Crippen LogP contribution in [0.4, 0.5) is 5.69 Å². The first-order valence-electron chi connectivity index (χ1n) is 5.54. The molecule has 0 saturated heterocycles. The van der Waals surface area contributed by atoms with E-state index in [-0.39, 0.29) is 11.5 Å². The predicted octanol–water partition coefficient (Wildman–Crippen LogP) is 2.71. The number of hydrogen-bond donors (Lipinski definition) is 2. The Morgan fingerprint density at radius 2 is 2.00 bits per heavy atom. The molecule has 0 bridgehead atoms. The molecule has 2 N–H and O–H groups in total. The zero-order valence-corrected chi connectivity index (χ0v) is 11.2. The number of aryl methyl sites for hydroxylation is 2. The Hall–Kier alpha value is -2.21. The van der Waals surface area contributed by atoms with E-state index in [1.54, 1.807) is 0 Å². The molecule has 0 aromatic carbocycles. The lowest BCUT2D eigenvalue weighted by Gasteiger charge is -2.03. The summed E-state index contributed by atoms with van der Waals surface area (Å²) in [5.41, 5.74) is 1.47. The SMILES string of the molecule is Cc1cc(C(=O)Nc2cncc(C(=O)O)c2)sc1C. The molecule has 0 atom stereocenters. The number of carboxylic acid groups (broad SMARTS) is 1. The first kappa shape index (κ1) is 13.2. The van der Waals surface area contributed by atoms with E-state index < -0.39 is 5.97 Å². The summed E-state index contributed by atoms with van der Waals surface area (Å²) in [4.78, 5) is 28.3. The Morgan fingerprint density at radius 1 is 1.26 bits per heavy atom. The van der Waals surface area contributed by atoms with Gasteiger partial charge in [-0.3, -0.25) is 9.78 Å². The number of thiophene rings is 1. The van der Waals surface area contributed by atoms with Gasteiger partial charge < -0.3 is 10.4 Å². The van der Waals surface area contributed by atoms with E-state index in [9.17, 15) is 9.59 Å². The number of aromatic nitrogens is 1. The quantitative estimate of drug-likeness (QED) is 0.903. The van der Waals surface area contributed by atoms with Gasteiger partial charge in [-0.25, -0.2) is 4.79 Å². The minimum Gasteiger partial charge on any atom is -0.478 e. The molecule has 0 radical (unpaired) electrons.